The predicted molar refractivity (Wildman–Crippen MR) is 125 cm³/mol. The van der Waals surface area contributed by atoms with E-state index in [1.165, 1.54) is 22.2 Å². The molecule has 4 rings (SSSR count). The van der Waals surface area contributed by atoms with Crippen LogP contribution >= 0.6 is 11.3 Å². The van der Waals surface area contributed by atoms with Crippen LogP contribution in [0.2, 0.25) is 0 Å². The van der Waals surface area contributed by atoms with Crippen molar-refractivity contribution in [1.82, 2.24) is 25.1 Å². The number of carbonyl (C=O) groups is 3. The molecule has 0 unspecified atom stereocenters. The number of nitrogens with one attached hydrogen (secondary N) is 2. The van der Waals surface area contributed by atoms with Gasteiger partial charge in [-0.05, 0) is 13.0 Å². The molecule has 3 aromatic rings. The second kappa shape index (κ2) is 11.5. The largest absolute Gasteiger partial charge is 0.475 e. The molecule has 2 amide bonds. The van der Waals surface area contributed by atoms with Gasteiger partial charge in [0.05, 0.1) is 38.5 Å². The lowest BCUT2D eigenvalue weighted by Crippen LogP contribution is -2.29. The molecular weight excluding hydrogens is 476 g/mol. The van der Waals surface area contributed by atoms with E-state index in [4.69, 9.17) is 14.2 Å². The van der Waals surface area contributed by atoms with Gasteiger partial charge in [-0.2, -0.15) is 5.10 Å². The molecule has 35 heavy (non-hydrogen) atoms. The van der Waals surface area contributed by atoms with Crippen molar-refractivity contribution >= 4 is 34.8 Å². The first-order chi connectivity index (χ1) is 17.0. The Kier molecular flexibility index (Phi) is 8.00. The molecule has 0 radical (unpaired) electrons. The molecule has 4 heterocycles. The second-order valence-corrected chi connectivity index (χ2v) is 8.16. The third kappa shape index (κ3) is 6.39. The van der Waals surface area contributed by atoms with E-state index in [-0.39, 0.29) is 62.4 Å². The number of hydrogen-bond acceptors (Lipinski definition) is 10. The number of pyridine rings is 1. The number of rotatable bonds is 4. The van der Waals surface area contributed by atoms with E-state index in [0.29, 0.717) is 17.5 Å². The van der Waals surface area contributed by atoms with Gasteiger partial charge in [0.25, 0.3) is 11.8 Å². The van der Waals surface area contributed by atoms with Crippen molar-refractivity contribution in [2.75, 3.05) is 38.3 Å². The summed E-state index contributed by atoms with van der Waals surface area (Å²) in [5, 5.41) is 11.9. The summed E-state index contributed by atoms with van der Waals surface area (Å²) in [5.41, 5.74) is 1.16. The zero-order valence-corrected chi connectivity index (χ0v) is 19.8. The number of amides is 2. The average molecular weight is 501 g/mol. The highest BCUT2D eigenvalue weighted by Crippen LogP contribution is 2.26. The van der Waals surface area contributed by atoms with Crippen LogP contribution in [0.15, 0.2) is 29.9 Å². The van der Waals surface area contributed by atoms with E-state index in [2.05, 4.69) is 25.7 Å². The first-order valence-corrected chi connectivity index (χ1v) is 11.9. The van der Waals surface area contributed by atoms with Crippen LogP contribution in [0.4, 0.5) is 5.69 Å². The minimum absolute atomic E-state index is 0.0147. The molecule has 0 fully saturated rings. The molecule has 12 nitrogen and oxygen atoms in total. The third-order valence-corrected chi connectivity index (χ3v) is 5.69. The van der Waals surface area contributed by atoms with E-state index >= 15 is 0 Å². The number of esters is 1. The maximum absolute atomic E-state index is 12.9. The van der Waals surface area contributed by atoms with Crippen molar-refractivity contribution in [3.63, 3.8) is 0 Å². The number of nitrogens with zero attached hydrogens (tertiary/aromatic N) is 4. The summed E-state index contributed by atoms with van der Waals surface area (Å²) >= 11 is 1.29. The Morgan fingerprint density at radius 2 is 2.14 bits per heavy atom. The Balaban J connectivity index is 1.59. The molecule has 184 valence electrons. The monoisotopic (exact) mass is 500 g/mol. The van der Waals surface area contributed by atoms with Crippen LogP contribution in [0.1, 0.15) is 34.3 Å². The van der Waals surface area contributed by atoms with Gasteiger partial charge in [0, 0.05) is 35.9 Å². The first-order valence-electron chi connectivity index (χ1n) is 11.0. The van der Waals surface area contributed by atoms with E-state index < -0.39 is 11.8 Å². The van der Waals surface area contributed by atoms with Crippen molar-refractivity contribution in [1.29, 1.82) is 0 Å². The van der Waals surface area contributed by atoms with Crippen molar-refractivity contribution in [3.8, 4) is 16.5 Å². The van der Waals surface area contributed by atoms with Crippen LogP contribution < -0.4 is 15.4 Å². The zero-order valence-electron chi connectivity index (χ0n) is 19.0. The fourth-order valence-electron chi connectivity index (χ4n) is 3.18. The lowest BCUT2D eigenvalue weighted by Gasteiger charge is -2.09. The smallest absolute Gasteiger partial charge is 0.307 e. The number of fused-ring (bicyclic) bond motifs is 6. The molecule has 1 aliphatic rings. The van der Waals surface area contributed by atoms with Crippen LogP contribution in [0.25, 0.3) is 10.6 Å². The normalized spacial score (nSPS) is 14.5. The number of hydrogen-bond donors (Lipinski definition) is 2. The van der Waals surface area contributed by atoms with E-state index in [1.54, 1.807) is 30.6 Å². The summed E-state index contributed by atoms with van der Waals surface area (Å²) in [7, 11) is 0. The molecule has 2 N–H and O–H groups in total. The Bertz CT molecular complexity index is 1210. The van der Waals surface area contributed by atoms with Crippen LogP contribution in [-0.4, -0.2) is 70.5 Å². The van der Waals surface area contributed by atoms with Crippen molar-refractivity contribution < 1.29 is 28.6 Å². The molecule has 0 aromatic carbocycles. The van der Waals surface area contributed by atoms with Gasteiger partial charge in [-0.15, -0.1) is 11.3 Å². The van der Waals surface area contributed by atoms with Crippen molar-refractivity contribution in [3.05, 3.63) is 41.3 Å². The van der Waals surface area contributed by atoms with Crippen molar-refractivity contribution in [2.45, 2.75) is 19.9 Å². The summed E-state index contributed by atoms with van der Waals surface area (Å²) in [6.45, 7) is 3.26. The highest BCUT2D eigenvalue weighted by Gasteiger charge is 2.21. The highest BCUT2D eigenvalue weighted by molar-refractivity contribution is 7.13. The van der Waals surface area contributed by atoms with Crippen molar-refractivity contribution in [2.24, 2.45) is 0 Å². The molecule has 0 aliphatic carbocycles. The Morgan fingerprint density at radius 1 is 1.26 bits per heavy atom. The Morgan fingerprint density at radius 3 is 3.00 bits per heavy atom. The topological polar surface area (TPSA) is 147 Å². The summed E-state index contributed by atoms with van der Waals surface area (Å²) in [6.07, 6.45) is 3.18. The van der Waals surface area contributed by atoms with Gasteiger partial charge in [-0.3, -0.25) is 19.1 Å². The molecule has 1 aliphatic heterocycles. The van der Waals surface area contributed by atoms with Gasteiger partial charge in [-0.1, -0.05) is 0 Å². The first kappa shape index (κ1) is 24.3. The summed E-state index contributed by atoms with van der Waals surface area (Å²) in [4.78, 5) is 46.0. The molecule has 4 bridgehead atoms. The number of thiazole rings is 1. The van der Waals surface area contributed by atoms with Gasteiger partial charge >= 0.3 is 5.97 Å². The molecule has 13 heteroatoms. The lowest BCUT2D eigenvalue weighted by molar-refractivity contribution is -0.143. The second-order valence-electron chi connectivity index (χ2n) is 7.30. The maximum Gasteiger partial charge on any atom is 0.307 e. The fourth-order valence-corrected chi connectivity index (χ4v) is 3.98. The summed E-state index contributed by atoms with van der Waals surface area (Å²) in [5.74, 6) is -0.954. The number of aryl methyl sites for hydroxylation is 1. The predicted octanol–water partition coefficient (Wildman–Crippen LogP) is 1.75. The van der Waals surface area contributed by atoms with Gasteiger partial charge in [0.2, 0.25) is 5.88 Å². The third-order valence-electron chi connectivity index (χ3n) is 4.80. The van der Waals surface area contributed by atoms with E-state index in [9.17, 15) is 14.4 Å². The van der Waals surface area contributed by atoms with Crippen LogP contribution in [-0.2, 0) is 20.8 Å². The Labute approximate surface area is 204 Å². The SMILES string of the molecule is CCOC(=O)CCn1cc2c(n1)C(=O)NCCOCCOc1cc(ccn1)-c1nc(cs1)C(=O)N2. The quantitative estimate of drug-likeness (QED) is 0.511. The molecule has 0 saturated heterocycles. The lowest BCUT2D eigenvalue weighted by atomic mass is 10.3. The fraction of sp³-hybridized carbons (Fsp3) is 0.364. The van der Waals surface area contributed by atoms with E-state index in [1.807, 2.05) is 0 Å². The molecular formula is C22H24N6O6S. The van der Waals surface area contributed by atoms with Crippen LogP contribution in [0.3, 0.4) is 0 Å². The minimum Gasteiger partial charge on any atom is -0.475 e. The molecule has 0 atom stereocenters. The zero-order chi connectivity index (χ0) is 24.6. The number of carbonyl (C=O) groups excluding carboxylic acids is 3. The average Bonchev–Trinajstić information content (AvgIpc) is 3.50. The maximum atomic E-state index is 12.9. The number of aromatic nitrogens is 4. The summed E-state index contributed by atoms with van der Waals surface area (Å²) in [6, 6.07) is 3.52. The van der Waals surface area contributed by atoms with Gasteiger partial charge in [-0.25, -0.2) is 9.97 Å². The van der Waals surface area contributed by atoms with Crippen LogP contribution in [0, 0.1) is 0 Å². The highest BCUT2D eigenvalue weighted by atomic mass is 32.1. The Hall–Kier alpha value is -3.84. The standard InChI is InChI=1S/C22H24N6O6S/c1-2-33-18(29)4-7-28-12-15-19(27-28)21(31)24-6-8-32-9-10-34-17-11-14(3-5-23-17)22-26-16(13-35-22)20(30)25-15/h3,5,11-13H,2,4,6-10H2,1H3,(H,24,31)(H,25,30). The molecule has 0 spiro atoms. The van der Waals surface area contributed by atoms with Gasteiger partial charge in [0.1, 0.15) is 17.3 Å². The van der Waals surface area contributed by atoms with Gasteiger partial charge in [0.15, 0.2) is 5.69 Å². The summed E-state index contributed by atoms with van der Waals surface area (Å²) < 4.78 is 17.5. The molecule has 0 saturated carbocycles. The van der Waals surface area contributed by atoms with E-state index in [0.717, 1.165) is 5.56 Å². The molecule has 3 aromatic heterocycles. The van der Waals surface area contributed by atoms with Gasteiger partial charge < -0.3 is 24.8 Å². The number of ether oxygens (including phenoxy) is 3. The van der Waals surface area contributed by atoms with Crippen LogP contribution in [0.5, 0.6) is 5.88 Å². The number of anilines is 1. The minimum atomic E-state index is -0.499.